The smallest absolute Gasteiger partial charge is 0.0434 e. The van der Waals surface area contributed by atoms with E-state index in [4.69, 9.17) is 23.2 Å². The highest BCUT2D eigenvalue weighted by atomic mass is 35.5. The first-order valence-corrected chi connectivity index (χ1v) is 4.94. The number of halogens is 2. The van der Waals surface area contributed by atoms with Crippen LogP contribution in [0.4, 0.5) is 0 Å². The van der Waals surface area contributed by atoms with E-state index in [9.17, 15) is 0 Å². The molecule has 0 aromatic heterocycles. The van der Waals surface area contributed by atoms with Crippen molar-refractivity contribution in [3.05, 3.63) is 10.6 Å². The second-order valence-electron chi connectivity index (χ2n) is 3.15. The zero-order valence-corrected chi connectivity index (χ0v) is 8.70. The lowest BCUT2D eigenvalue weighted by atomic mass is 10.2. The number of nitrogens with zero attached hydrogens (tertiary/aromatic N) is 1. The molecular formula is C8H14Cl2N2. The summed E-state index contributed by atoms with van der Waals surface area (Å²) in [6.07, 6.45) is 0. The molecule has 1 atom stereocenters. The Morgan fingerprint density at radius 2 is 2.50 bits per heavy atom. The minimum Gasteiger partial charge on any atom is -0.312 e. The van der Waals surface area contributed by atoms with Gasteiger partial charge in [-0.25, -0.2) is 0 Å². The van der Waals surface area contributed by atoms with Crippen molar-refractivity contribution in [1.82, 2.24) is 10.2 Å². The molecule has 70 valence electrons. The summed E-state index contributed by atoms with van der Waals surface area (Å²) >= 11 is 11.3. The van der Waals surface area contributed by atoms with Gasteiger partial charge in [0.05, 0.1) is 0 Å². The van der Waals surface area contributed by atoms with Gasteiger partial charge >= 0.3 is 0 Å². The van der Waals surface area contributed by atoms with Crippen LogP contribution in [0.25, 0.3) is 0 Å². The van der Waals surface area contributed by atoms with Gasteiger partial charge in [0, 0.05) is 42.8 Å². The normalized spacial score (nSPS) is 27.6. The molecule has 0 radical (unpaired) electrons. The molecule has 0 spiro atoms. The molecule has 0 aromatic carbocycles. The van der Waals surface area contributed by atoms with Crippen LogP contribution in [-0.2, 0) is 0 Å². The Hall–Kier alpha value is 0.240. The molecular weight excluding hydrogens is 195 g/mol. The number of rotatable bonds is 2. The van der Waals surface area contributed by atoms with Crippen LogP contribution in [0.2, 0.25) is 0 Å². The highest BCUT2D eigenvalue weighted by Crippen LogP contribution is 2.08. The third-order valence-electron chi connectivity index (χ3n) is 1.95. The topological polar surface area (TPSA) is 15.3 Å². The summed E-state index contributed by atoms with van der Waals surface area (Å²) in [5, 5.41) is 4.08. The summed E-state index contributed by atoms with van der Waals surface area (Å²) in [4.78, 5) is 2.29. The van der Waals surface area contributed by atoms with E-state index in [0.29, 0.717) is 11.1 Å². The maximum absolute atomic E-state index is 5.81. The molecule has 1 N–H and O–H groups in total. The van der Waals surface area contributed by atoms with Gasteiger partial charge in [0.1, 0.15) is 0 Å². The molecule has 1 aliphatic heterocycles. The number of hydrogen-bond acceptors (Lipinski definition) is 2. The molecule has 12 heavy (non-hydrogen) atoms. The number of nitrogens with one attached hydrogen (secondary N) is 1. The zero-order chi connectivity index (χ0) is 8.97. The lowest BCUT2D eigenvalue weighted by molar-refractivity contribution is 0.225. The minimum absolute atomic E-state index is 0.554. The van der Waals surface area contributed by atoms with E-state index in [1.54, 1.807) is 0 Å². The van der Waals surface area contributed by atoms with Crippen molar-refractivity contribution in [3.8, 4) is 0 Å². The van der Waals surface area contributed by atoms with Crippen LogP contribution in [0.5, 0.6) is 0 Å². The first kappa shape index (κ1) is 10.3. The molecule has 2 nitrogen and oxygen atoms in total. The van der Waals surface area contributed by atoms with Crippen LogP contribution in [0.15, 0.2) is 10.6 Å². The van der Waals surface area contributed by atoms with Gasteiger partial charge < -0.3 is 5.32 Å². The molecule has 0 amide bonds. The van der Waals surface area contributed by atoms with Crippen molar-refractivity contribution in [3.63, 3.8) is 0 Å². The Bertz CT molecular complexity index is 170. The fourth-order valence-corrected chi connectivity index (χ4v) is 1.64. The van der Waals surface area contributed by atoms with Crippen molar-refractivity contribution in [2.75, 3.05) is 26.2 Å². The second kappa shape index (κ2) is 5.07. The van der Waals surface area contributed by atoms with Crippen LogP contribution in [-0.4, -0.2) is 37.1 Å². The van der Waals surface area contributed by atoms with Gasteiger partial charge in [-0.05, 0) is 6.92 Å². The van der Waals surface area contributed by atoms with E-state index in [2.05, 4.69) is 17.1 Å². The summed E-state index contributed by atoms with van der Waals surface area (Å²) in [7, 11) is 0. The van der Waals surface area contributed by atoms with E-state index < -0.39 is 0 Å². The van der Waals surface area contributed by atoms with Crippen LogP contribution >= 0.6 is 23.2 Å². The molecule has 1 fully saturated rings. The number of hydrogen-bond donors (Lipinski definition) is 1. The average molecular weight is 209 g/mol. The maximum Gasteiger partial charge on any atom is 0.0434 e. The fourth-order valence-electron chi connectivity index (χ4n) is 1.40. The molecule has 1 heterocycles. The average Bonchev–Trinajstić information content (AvgIpc) is 2.04. The van der Waals surface area contributed by atoms with Gasteiger partial charge in [-0.1, -0.05) is 23.2 Å². The Morgan fingerprint density at radius 3 is 3.08 bits per heavy atom. The maximum atomic E-state index is 5.81. The number of piperazine rings is 1. The SMILES string of the molecule is C[C@H]1CN(CC(Cl)=CCl)CCN1. The third-order valence-corrected chi connectivity index (χ3v) is 2.55. The summed E-state index contributed by atoms with van der Waals surface area (Å²) < 4.78 is 0. The van der Waals surface area contributed by atoms with E-state index in [-0.39, 0.29) is 0 Å². The van der Waals surface area contributed by atoms with Crippen molar-refractivity contribution in [2.45, 2.75) is 13.0 Å². The predicted octanol–water partition coefficient (Wildman–Crippen LogP) is 1.60. The molecule has 0 unspecified atom stereocenters. The lowest BCUT2D eigenvalue weighted by Gasteiger charge is -2.31. The molecule has 1 saturated heterocycles. The van der Waals surface area contributed by atoms with E-state index >= 15 is 0 Å². The molecule has 0 saturated carbocycles. The van der Waals surface area contributed by atoms with E-state index in [0.717, 1.165) is 26.2 Å². The van der Waals surface area contributed by atoms with Crippen LogP contribution in [0.3, 0.4) is 0 Å². The standard InChI is InChI=1S/C8H14Cl2N2/c1-7-5-12(3-2-11-7)6-8(10)4-9/h4,7,11H,2-3,5-6H2,1H3/t7-/m0/s1. The Morgan fingerprint density at radius 1 is 1.75 bits per heavy atom. The van der Waals surface area contributed by atoms with Crippen LogP contribution in [0.1, 0.15) is 6.92 Å². The van der Waals surface area contributed by atoms with Crippen molar-refractivity contribution in [2.24, 2.45) is 0 Å². The predicted molar refractivity (Wildman–Crippen MR) is 53.7 cm³/mol. The van der Waals surface area contributed by atoms with Gasteiger partial charge in [-0.15, -0.1) is 0 Å². The van der Waals surface area contributed by atoms with Crippen LogP contribution in [0, 0.1) is 0 Å². The summed E-state index contributed by atoms with van der Waals surface area (Å²) in [6.45, 7) is 6.07. The molecule has 1 rings (SSSR count). The highest BCUT2D eigenvalue weighted by Gasteiger charge is 2.15. The third kappa shape index (κ3) is 3.31. The molecule has 0 aliphatic carbocycles. The fraction of sp³-hybridized carbons (Fsp3) is 0.750. The van der Waals surface area contributed by atoms with Gasteiger partial charge in [0.2, 0.25) is 0 Å². The molecule has 1 aliphatic rings. The summed E-state index contributed by atoms with van der Waals surface area (Å²) in [5.74, 6) is 0. The Kier molecular flexibility index (Phi) is 4.36. The zero-order valence-electron chi connectivity index (χ0n) is 7.19. The van der Waals surface area contributed by atoms with Crippen molar-refractivity contribution >= 4 is 23.2 Å². The lowest BCUT2D eigenvalue weighted by Crippen LogP contribution is -2.49. The second-order valence-corrected chi connectivity index (χ2v) is 3.85. The molecule has 4 heteroatoms. The highest BCUT2D eigenvalue weighted by molar-refractivity contribution is 6.36. The largest absolute Gasteiger partial charge is 0.312 e. The summed E-state index contributed by atoms with van der Waals surface area (Å²) in [5.41, 5.74) is 1.44. The van der Waals surface area contributed by atoms with Gasteiger partial charge in [0.15, 0.2) is 0 Å². The summed E-state index contributed by atoms with van der Waals surface area (Å²) in [6, 6.07) is 0.554. The van der Waals surface area contributed by atoms with Crippen LogP contribution < -0.4 is 5.32 Å². The van der Waals surface area contributed by atoms with Gasteiger partial charge in [-0.3, -0.25) is 4.90 Å². The monoisotopic (exact) mass is 208 g/mol. The van der Waals surface area contributed by atoms with E-state index in [1.165, 1.54) is 5.54 Å². The van der Waals surface area contributed by atoms with Crippen molar-refractivity contribution < 1.29 is 0 Å². The molecule has 0 aromatic rings. The Balaban J connectivity index is 2.32. The molecule has 0 bridgehead atoms. The first-order chi connectivity index (χ1) is 5.72. The Labute approximate surface area is 83.5 Å². The van der Waals surface area contributed by atoms with Gasteiger partial charge in [0.25, 0.3) is 0 Å². The minimum atomic E-state index is 0.554. The van der Waals surface area contributed by atoms with Crippen molar-refractivity contribution in [1.29, 1.82) is 0 Å². The van der Waals surface area contributed by atoms with Gasteiger partial charge in [-0.2, -0.15) is 0 Å². The quantitative estimate of drug-likeness (QED) is 0.743. The van der Waals surface area contributed by atoms with E-state index in [1.807, 2.05) is 0 Å². The first-order valence-electron chi connectivity index (χ1n) is 4.13.